The van der Waals surface area contributed by atoms with Gasteiger partial charge in [0.15, 0.2) is 0 Å². The number of nitrogens with one attached hydrogen (secondary N) is 1. The number of hydrogen-bond donors (Lipinski definition) is 1. The van der Waals surface area contributed by atoms with Crippen molar-refractivity contribution in [1.29, 1.82) is 0 Å². The standard InChI is InChI=1S/C16H26N2/c1-14(16-6-4-3-5-7-16)18-12-9-15(10-13-18)8-11-17-2/h3-7,14-15,17H,8-13H2,1-2H3. The highest BCUT2D eigenvalue weighted by molar-refractivity contribution is 5.18. The first-order valence-electron chi connectivity index (χ1n) is 7.25. The van der Waals surface area contributed by atoms with Gasteiger partial charge < -0.3 is 5.32 Å². The second-order valence-corrected chi connectivity index (χ2v) is 5.46. The van der Waals surface area contributed by atoms with E-state index in [0.29, 0.717) is 6.04 Å². The Kier molecular flexibility index (Phi) is 5.21. The SMILES string of the molecule is CNCCC1CCN(C(C)c2ccccc2)CC1. The molecule has 1 heterocycles. The molecule has 0 spiro atoms. The molecule has 18 heavy (non-hydrogen) atoms. The molecule has 2 nitrogen and oxygen atoms in total. The molecule has 0 saturated carbocycles. The number of rotatable bonds is 5. The van der Waals surface area contributed by atoms with Crippen LogP contribution in [-0.4, -0.2) is 31.6 Å². The van der Waals surface area contributed by atoms with E-state index in [9.17, 15) is 0 Å². The van der Waals surface area contributed by atoms with Gasteiger partial charge in [-0.05, 0) is 64.3 Å². The van der Waals surface area contributed by atoms with Crippen LogP contribution in [0.3, 0.4) is 0 Å². The van der Waals surface area contributed by atoms with Crippen LogP contribution < -0.4 is 5.32 Å². The van der Waals surface area contributed by atoms with Gasteiger partial charge >= 0.3 is 0 Å². The van der Waals surface area contributed by atoms with E-state index in [-0.39, 0.29) is 0 Å². The first-order chi connectivity index (χ1) is 8.81. The monoisotopic (exact) mass is 246 g/mol. The van der Waals surface area contributed by atoms with E-state index in [2.05, 4.69) is 47.5 Å². The van der Waals surface area contributed by atoms with Crippen LogP contribution in [0.15, 0.2) is 30.3 Å². The van der Waals surface area contributed by atoms with E-state index in [4.69, 9.17) is 0 Å². The van der Waals surface area contributed by atoms with E-state index in [1.54, 1.807) is 0 Å². The smallest absolute Gasteiger partial charge is 0.0319 e. The summed E-state index contributed by atoms with van der Waals surface area (Å²) in [6.45, 7) is 6.01. The van der Waals surface area contributed by atoms with Crippen molar-refractivity contribution in [3.8, 4) is 0 Å². The van der Waals surface area contributed by atoms with Crippen LogP contribution in [0.1, 0.15) is 37.8 Å². The minimum Gasteiger partial charge on any atom is -0.320 e. The van der Waals surface area contributed by atoms with Crippen LogP contribution in [0, 0.1) is 5.92 Å². The van der Waals surface area contributed by atoms with Crippen LogP contribution in [0.4, 0.5) is 0 Å². The summed E-state index contributed by atoms with van der Waals surface area (Å²) in [5, 5.41) is 3.26. The molecular formula is C16H26N2. The summed E-state index contributed by atoms with van der Waals surface area (Å²) in [5.41, 5.74) is 1.45. The van der Waals surface area contributed by atoms with Gasteiger partial charge in [-0.3, -0.25) is 4.90 Å². The predicted molar refractivity (Wildman–Crippen MR) is 77.7 cm³/mol. The van der Waals surface area contributed by atoms with Crippen molar-refractivity contribution in [1.82, 2.24) is 10.2 Å². The molecule has 100 valence electrons. The zero-order valence-electron chi connectivity index (χ0n) is 11.7. The lowest BCUT2D eigenvalue weighted by molar-refractivity contribution is 0.137. The maximum absolute atomic E-state index is 3.26. The first-order valence-corrected chi connectivity index (χ1v) is 7.25. The third-order valence-electron chi connectivity index (χ3n) is 4.28. The summed E-state index contributed by atoms with van der Waals surface area (Å²) in [5.74, 6) is 0.927. The molecule has 1 aromatic rings. The fourth-order valence-electron chi connectivity index (χ4n) is 2.92. The molecular weight excluding hydrogens is 220 g/mol. The van der Waals surface area contributed by atoms with Crippen molar-refractivity contribution >= 4 is 0 Å². The molecule has 1 aromatic carbocycles. The molecule has 1 atom stereocenters. The van der Waals surface area contributed by atoms with Gasteiger partial charge in [0.05, 0.1) is 0 Å². The molecule has 2 heteroatoms. The van der Waals surface area contributed by atoms with Gasteiger partial charge in [0.25, 0.3) is 0 Å². The van der Waals surface area contributed by atoms with Gasteiger partial charge in [0.2, 0.25) is 0 Å². The van der Waals surface area contributed by atoms with Crippen molar-refractivity contribution in [3.63, 3.8) is 0 Å². The quantitative estimate of drug-likeness (QED) is 0.859. The Morgan fingerprint density at radius 2 is 1.89 bits per heavy atom. The molecule has 0 bridgehead atoms. The second kappa shape index (κ2) is 6.91. The summed E-state index contributed by atoms with van der Waals surface area (Å²) < 4.78 is 0. The van der Waals surface area contributed by atoms with E-state index in [1.165, 1.54) is 44.5 Å². The molecule has 1 fully saturated rings. The second-order valence-electron chi connectivity index (χ2n) is 5.46. The molecule has 1 N–H and O–H groups in total. The average molecular weight is 246 g/mol. The number of piperidine rings is 1. The molecule has 0 radical (unpaired) electrons. The van der Waals surface area contributed by atoms with Gasteiger partial charge in [0.1, 0.15) is 0 Å². The maximum Gasteiger partial charge on any atom is 0.0319 e. The molecule has 1 saturated heterocycles. The molecule has 0 aromatic heterocycles. The van der Waals surface area contributed by atoms with Crippen LogP contribution in [0.2, 0.25) is 0 Å². The van der Waals surface area contributed by atoms with Gasteiger partial charge in [-0.1, -0.05) is 30.3 Å². The Bertz CT molecular complexity index is 328. The third-order valence-corrected chi connectivity index (χ3v) is 4.28. The number of nitrogens with zero attached hydrogens (tertiary/aromatic N) is 1. The van der Waals surface area contributed by atoms with Gasteiger partial charge in [-0.25, -0.2) is 0 Å². The van der Waals surface area contributed by atoms with E-state index in [1.807, 2.05) is 7.05 Å². The summed E-state index contributed by atoms with van der Waals surface area (Å²) in [4.78, 5) is 2.63. The average Bonchev–Trinajstić information content (AvgIpc) is 2.46. The Balaban J connectivity index is 1.82. The topological polar surface area (TPSA) is 15.3 Å². The molecule has 1 aliphatic heterocycles. The Hall–Kier alpha value is -0.860. The third kappa shape index (κ3) is 3.56. The minimum atomic E-state index is 0.566. The lowest BCUT2D eigenvalue weighted by Crippen LogP contribution is -2.36. The Morgan fingerprint density at radius 3 is 2.50 bits per heavy atom. The van der Waals surface area contributed by atoms with Crippen LogP contribution in [0.25, 0.3) is 0 Å². The van der Waals surface area contributed by atoms with Crippen molar-refractivity contribution < 1.29 is 0 Å². The molecule has 2 rings (SSSR count). The van der Waals surface area contributed by atoms with Crippen LogP contribution in [-0.2, 0) is 0 Å². The molecule has 1 unspecified atom stereocenters. The van der Waals surface area contributed by atoms with Crippen molar-refractivity contribution in [2.75, 3.05) is 26.7 Å². The van der Waals surface area contributed by atoms with E-state index in [0.717, 1.165) is 5.92 Å². The fraction of sp³-hybridized carbons (Fsp3) is 0.625. The number of benzene rings is 1. The van der Waals surface area contributed by atoms with Gasteiger partial charge in [0, 0.05) is 6.04 Å². The highest BCUT2D eigenvalue weighted by Crippen LogP contribution is 2.27. The summed E-state index contributed by atoms with van der Waals surface area (Å²) in [6, 6.07) is 11.4. The summed E-state index contributed by atoms with van der Waals surface area (Å²) >= 11 is 0. The van der Waals surface area contributed by atoms with Crippen molar-refractivity contribution in [3.05, 3.63) is 35.9 Å². The molecule has 0 aliphatic carbocycles. The zero-order chi connectivity index (χ0) is 12.8. The van der Waals surface area contributed by atoms with Gasteiger partial charge in [-0.2, -0.15) is 0 Å². The van der Waals surface area contributed by atoms with Crippen LogP contribution >= 0.6 is 0 Å². The van der Waals surface area contributed by atoms with E-state index >= 15 is 0 Å². The summed E-state index contributed by atoms with van der Waals surface area (Å²) in [7, 11) is 2.05. The Labute approximate surface area is 111 Å². The fourth-order valence-corrected chi connectivity index (χ4v) is 2.92. The Morgan fingerprint density at radius 1 is 1.22 bits per heavy atom. The molecule has 0 amide bonds. The predicted octanol–water partition coefficient (Wildman–Crippen LogP) is 3.07. The number of likely N-dealkylation sites (tertiary alicyclic amines) is 1. The van der Waals surface area contributed by atoms with Gasteiger partial charge in [-0.15, -0.1) is 0 Å². The highest BCUT2D eigenvalue weighted by Gasteiger charge is 2.22. The maximum atomic E-state index is 3.26. The lowest BCUT2D eigenvalue weighted by Gasteiger charge is -2.36. The van der Waals surface area contributed by atoms with Crippen molar-refractivity contribution in [2.24, 2.45) is 5.92 Å². The first kappa shape index (κ1) is 13.6. The number of hydrogen-bond acceptors (Lipinski definition) is 2. The largest absolute Gasteiger partial charge is 0.320 e. The van der Waals surface area contributed by atoms with Crippen molar-refractivity contribution in [2.45, 2.75) is 32.2 Å². The molecule has 1 aliphatic rings. The zero-order valence-corrected chi connectivity index (χ0v) is 11.7. The van der Waals surface area contributed by atoms with E-state index < -0.39 is 0 Å². The van der Waals surface area contributed by atoms with Crippen LogP contribution in [0.5, 0.6) is 0 Å². The lowest BCUT2D eigenvalue weighted by atomic mass is 9.92. The highest BCUT2D eigenvalue weighted by atomic mass is 15.2. The normalized spacial score (nSPS) is 19.9. The minimum absolute atomic E-state index is 0.566. The summed E-state index contributed by atoms with van der Waals surface area (Å²) in [6.07, 6.45) is 4.06.